The van der Waals surface area contributed by atoms with E-state index in [1.807, 2.05) is 24.3 Å². The Kier molecular flexibility index (Phi) is 16.9. The fraction of sp³-hybridized carbons (Fsp3) is 0.350. The van der Waals surface area contributed by atoms with Crippen molar-refractivity contribution in [2.45, 2.75) is 26.1 Å². The van der Waals surface area contributed by atoms with Crippen molar-refractivity contribution in [3.8, 4) is 0 Å². The number of thiophene rings is 2. The highest BCUT2D eigenvalue weighted by Crippen LogP contribution is 2.26. The minimum Gasteiger partial charge on any atom is -0.442 e. The van der Waals surface area contributed by atoms with Gasteiger partial charge >= 0.3 is 12.2 Å². The molecule has 7 rings (SSSR count). The van der Waals surface area contributed by atoms with Crippen LogP contribution < -0.4 is 31.5 Å². The van der Waals surface area contributed by atoms with Gasteiger partial charge in [0.1, 0.15) is 18.0 Å². The number of carbonyl (C=O) groups excluding carboxylic acids is 4. The lowest BCUT2D eigenvalue weighted by Crippen LogP contribution is -2.34. The van der Waals surface area contributed by atoms with Gasteiger partial charge in [-0.05, 0) is 74.1 Å². The zero-order valence-corrected chi connectivity index (χ0v) is 35.6. The van der Waals surface area contributed by atoms with E-state index in [9.17, 15) is 19.2 Å². The molecule has 2 aromatic carbocycles. The summed E-state index contributed by atoms with van der Waals surface area (Å²) in [5.74, 6) is 0.527. The van der Waals surface area contributed by atoms with Crippen LogP contribution >= 0.6 is 45.9 Å². The van der Waals surface area contributed by atoms with Gasteiger partial charge in [-0.3, -0.25) is 24.4 Å². The molecule has 2 aromatic heterocycles. The van der Waals surface area contributed by atoms with Crippen molar-refractivity contribution < 1.29 is 28.7 Å². The Morgan fingerprint density at radius 1 is 0.831 bits per heavy atom. The van der Waals surface area contributed by atoms with Gasteiger partial charge in [-0.2, -0.15) is 0 Å². The van der Waals surface area contributed by atoms with Gasteiger partial charge in [0.05, 0.1) is 57.7 Å². The lowest BCUT2D eigenvalue weighted by Gasteiger charge is -2.19. The summed E-state index contributed by atoms with van der Waals surface area (Å²) in [5.41, 5.74) is 8.12. The highest BCUT2D eigenvalue weighted by atomic mass is 35.5. The largest absolute Gasteiger partial charge is 0.442 e. The van der Waals surface area contributed by atoms with Gasteiger partial charge in [0.2, 0.25) is 0 Å². The Hall–Kier alpha value is -5.22. The van der Waals surface area contributed by atoms with Crippen LogP contribution in [0.4, 0.5) is 26.7 Å². The topological polar surface area (TPSA) is 175 Å². The molecule has 2 fully saturated rings. The Balaban J connectivity index is 0.000000200. The van der Waals surface area contributed by atoms with Gasteiger partial charge in [0.25, 0.3) is 11.8 Å². The number of carbonyl (C=O) groups is 4. The van der Waals surface area contributed by atoms with Crippen molar-refractivity contribution in [1.29, 1.82) is 0 Å². The first-order chi connectivity index (χ1) is 28.5. The van der Waals surface area contributed by atoms with Crippen molar-refractivity contribution in [1.82, 2.24) is 20.9 Å². The molecule has 0 spiro atoms. The first kappa shape index (κ1) is 44.9. The van der Waals surface area contributed by atoms with Crippen molar-refractivity contribution in [2.24, 2.45) is 10.7 Å². The third kappa shape index (κ3) is 12.6. The van der Waals surface area contributed by atoms with Crippen LogP contribution in [0.1, 0.15) is 38.8 Å². The van der Waals surface area contributed by atoms with Crippen molar-refractivity contribution >= 4 is 92.8 Å². The van der Waals surface area contributed by atoms with Crippen LogP contribution in [0.25, 0.3) is 4.85 Å². The molecule has 0 radical (unpaired) electrons. The standard InChI is InChI=1S/C20H21ClN4O3S.C16H12ClN3O3S.C4H12N2/c1-2-24-10-9-22-18(24)13-3-5-14(6-4-13)25-12-15(28-20(25)27)11-23-19(26)16-7-8-17(21)29-16;1-18-10-2-4-11(5-3-10)20-9-12(23-16(20)22)8-19-15(21)13-6-7-14(17)24-13;1-2-6-4-3-5/h3-8,15H,2,9-12H2,1H3,(H,23,26);2-7,12H,8-9H2,(H,19,21);6H,2-5H2,1H3/t15-;12-;/m00./s1. The van der Waals surface area contributed by atoms with Crippen LogP contribution in [0, 0.1) is 6.57 Å². The lowest BCUT2D eigenvalue weighted by atomic mass is 10.1. The average molecular weight is 883 g/mol. The number of hydrogen-bond donors (Lipinski definition) is 4. The summed E-state index contributed by atoms with van der Waals surface area (Å²) in [7, 11) is 0. The summed E-state index contributed by atoms with van der Waals surface area (Å²) in [6.07, 6.45) is -1.72. The second-order valence-electron chi connectivity index (χ2n) is 13.0. The molecular formula is C40H45Cl2N9O6S2. The number of amidine groups is 1. The molecule has 0 saturated carbocycles. The Morgan fingerprint density at radius 2 is 1.34 bits per heavy atom. The quantitative estimate of drug-likeness (QED) is 0.0863. The zero-order chi connectivity index (χ0) is 42.3. The van der Waals surface area contributed by atoms with E-state index in [0.717, 1.165) is 56.4 Å². The second-order valence-corrected chi connectivity index (χ2v) is 16.4. The molecular weight excluding hydrogens is 838 g/mol. The molecule has 3 aliphatic rings. The van der Waals surface area contributed by atoms with Crippen LogP contribution in [-0.4, -0.2) is 112 Å². The van der Waals surface area contributed by atoms with Crippen LogP contribution in [0.2, 0.25) is 8.67 Å². The van der Waals surface area contributed by atoms with Crippen molar-refractivity contribution in [3.05, 3.63) is 108 Å². The molecule has 5 heterocycles. The molecule has 0 unspecified atom stereocenters. The number of nitrogens with two attached hydrogens (primary N) is 1. The number of aliphatic imine (C=N–C) groups is 1. The van der Waals surface area contributed by atoms with E-state index in [4.69, 9.17) is 45.0 Å². The Morgan fingerprint density at radius 3 is 1.75 bits per heavy atom. The number of anilines is 2. The van der Waals surface area contributed by atoms with Gasteiger partial charge in [-0.25, -0.2) is 14.4 Å². The predicted octanol–water partition coefficient (Wildman–Crippen LogP) is 6.50. The van der Waals surface area contributed by atoms with E-state index in [0.29, 0.717) is 42.9 Å². The number of rotatable bonds is 13. The summed E-state index contributed by atoms with van der Waals surface area (Å²) in [4.78, 5) is 62.6. The molecule has 5 N–H and O–H groups in total. The number of amides is 4. The number of benzene rings is 2. The van der Waals surface area contributed by atoms with E-state index < -0.39 is 24.4 Å². The number of hydrogen-bond acceptors (Lipinski definition) is 12. The predicted molar refractivity (Wildman–Crippen MR) is 234 cm³/mol. The van der Waals surface area contributed by atoms with E-state index in [2.05, 4.69) is 44.5 Å². The second kappa shape index (κ2) is 22.2. The molecule has 3 aliphatic heterocycles. The van der Waals surface area contributed by atoms with Crippen molar-refractivity contribution in [3.63, 3.8) is 0 Å². The smallest absolute Gasteiger partial charge is 0.414 e. The number of ether oxygens (including phenoxy) is 2. The molecule has 0 bridgehead atoms. The summed E-state index contributed by atoms with van der Waals surface area (Å²) in [5, 5.41) is 8.60. The molecule has 15 nitrogen and oxygen atoms in total. The minimum atomic E-state index is -0.469. The molecule has 19 heteroatoms. The number of halogens is 2. The van der Waals surface area contributed by atoms with Crippen molar-refractivity contribution in [2.75, 3.05) is 75.2 Å². The summed E-state index contributed by atoms with van der Waals surface area (Å²) in [6.45, 7) is 17.7. The minimum absolute atomic E-state index is 0.219. The van der Waals surface area contributed by atoms with E-state index in [1.54, 1.807) is 53.4 Å². The normalized spacial score (nSPS) is 16.9. The highest BCUT2D eigenvalue weighted by molar-refractivity contribution is 7.18. The number of cyclic esters (lactones) is 2. The lowest BCUT2D eigenvalue weighted by molar-refractivity contribution is 0.0915. The van der Waals surface area contributed by atoms with Crippen LogP contribution in [0.3, 0.4) is 0 Å². The number of likely N-dealkylation sites (N-methyl/N-ethyl adjacent to an activating group) is 2. The summed E-state index contributed by atoms with van der Waals surface area (Å²) >= 11 is 14.1. The van der Waals surface area contributed by atoms with Gasteiger partial charge in [-0.15, -0.1) is 22.7 Å². The number of nitrogens with one attached hydrogen (secondary N) is 3. The van der Waals surface area contributed by atoms with Gasteiger partial charge in [-0.1, -0.05) is 42.3 Å². The maximum absolute atomic E-state index is 12.3. The average Bonchev–Trinajstić information content (AvgIpc) is 4.11. The fourth-order valence-corrected chi connectivity index (χ4v) is 7.90. The SMILES string of the molecule is CCN1CCN=C1c1ccc(N2C[C@H](CNC(=O)c3ccc(Cl)s3)OC2=O)cc1.CCNCCN.[C-]#[N+]c1ccc(N2C[C@H](CNC(=O)c3ccc(Cl)s3)OC2=O)cc1. The third-order valence-electron chi connectivity index (χ3n) is 8.93. The molecule has 2 saturated heterocycles. The zero-order valence-electron chi connectivity index (χ0n) is 32.5. The van der Waals surface area contributed by atoms with Crippen LogP contribution in [0.5, 0.6) is 0 Å². The monoisotopic (exact) mass is 881 g/mol. The van der Waals surface area contributed by atoms with Gasteiger partial charge in [0, 0.05) is 43.1 Å². The van der Waals surface area contributed by atoms with E-state index in [-0.39, 0.29) is 24.9 Å². The van der Waals surface area contributed by atoms with Gasteiger partial charge < -0.3 is 36.1 Å². The Labute approximate surface area is 360 Å². The maximum atomic E-state index is 12.3. The van der Waals surface area contributed by atoms with Crippen LogP contribution in [0.15, 0.2) is 77.8 Å². The third-order valence-corrected chi connectivity index (χ3v) is 11.4. The van der Waals surface area contributed by atoms with Gasteiger partial charge in [0.15, 0.2) is 5.69 Å². The molecule has 2 atom stereocenters. The first-order valence-corrected chi connectivity index (χ1v) is 21.2. The van der Waals surface area contributed by atoms with E-state index in [1.165, 1.54) is 27.6 Å². The molecule has 4 aromatic rings. The summed E-state index contributed by atoms with van der Waals surface area (Å²) < 4.78 is 11.8. The number of nitrogens with zero attached hydrogens (tertiary/aromatic N) is 5. The maximum Gasteiger partial charge on any atom is 0.414 e. The molecule has 59 heavy (non-hydrogen) atoms. The molecule has 4 amide bonds. The fourth-order valence-electron chi connectivity index (χ4n) is 5.98. The van der Waals surface area contributed by atoms with E-state index >= 15 is 0 Å². The molecule has 312 valence electrons. The van der Waals surface area contributed by atoms with Crippen LogP contribution in [-0.2, 0) is 9.47 Å². The first-order valence-electron chi connectivity index (χ1n) is 18.8. The summed E-state index contributed by atoms with van der Waals surface area (Å²) in [6, 6.07) is 21.1. The molecule has 0 aliphatic carbocycles. The Bertz CT molecular complexity index is 2120. The highest BCUT2D eigenvalue weighted by Gasteiger charge is 2.34.